The third-order valence-corrected chi connectivity index (χ3v) is 8.68. The topological polar surface area (TPSA) is 91.0 Å². The second-order valence-corrected chi connectivity index (χ2v) is 11.3. The van der Waals surface area contributed by atoms with Crippen LogP contribution in [0.2, 0.25) is 0 Å². The van der Waals surface area contributed by atoms with E-state index in [0.29, 0.717) is 23.6 Å². The van der Waals surface area contributed by atoms with Gasteiger partial charge in [-0.1, -0.05) is 50.6 Å². The first-order valence-electron chi connectivity index (χ1n) is 13.5. The van der Waals surface area contributed by atoms with Crippen LogP contribution >= 0.6 is 0 Å². The molecular weight excluding hydrogens is 438 g/mol. The SMILES string of the molecule is CCC1CC2CC(C1)CC(C(=O)NCc1nnc(C3CN(Cc4ccccc4)CC3C)[nH]c1=O)C2. The van der Waals surface area contributed by atoms with Gasteiger partial charge in [-0.2, -0.15) is 0 Å². The monoisotopic (exact) mass is 477 g/mol. The van der Waals surface area contributed by atoms with E-state index in [2.05, 4.69) is 63.5 Å². The number of nitrogens with zero attached hydrogens (tertiary/aromatic N) is 3. The number of hydrogen-bond acceptors (Lipinski definition) is 5. The van der Waals surface area contributed by atoms with Crippen LogP contribution in [0.25, 0.3) is 0 Å². The molecule has 2 saturated carbocycles. The number of hydrogen-bond donors (Lipinski definition) is 2. The predicted molar refractivity (Wildman–Crippen MR) is 135 cm³/mol. The predicted octanol–water partition coefficient (Wildman–Crippen LogP) is 3.87. The minimum atomic E-state index is -0.240. The van der Waals surface area contributed by atoms with Crippen LogP contribution < -0.4 is 10.9 Å². The molecule has 2 bridgehead atoms. The second kappa shape index (κ2) is 10.6. The summed E-state index contributed by atoms with van der Waals surface area (Å²) >= 11 is 0. The lowest BCUT2D eigenvalue weighted by molar-refractivity contribution is -0.128. The molecule has 188 valence electrons. The van der Waals surface area contributed by atoms with Gasteiger partial charge in [0.25, 0.3) is 5.56 Å². The molecule has 2 heterocycles. The Hall–Kier alpha value is -2.54. The molecule has 2 N–H and O–H groups in total. The summed E-state index contributed by atoms with van der Waals surface area (Å²) in [6.07, 6.45) is 7.05. The zero-order valence-corrected chi connectivity index (χ0v) is 21.1. The van der Waals surface area contributed by atoms with E-state index in [1.807, 2.05) is 6.07 Å². The van der Waals surface area contributed by atoms with Gasteiger partial charge in [0.1, 0.15) is 11.5 Å². The number of fused-ring (bicyclic) bond motifs is 2. The number of nitrogens with one attached hydrogen (secondary N) is 2. The highest BCUT2D eigenvalue weighted by Crippen LogP contribution is 2.45. The molecule has 7 heteroatoms. The molecule has 7 nitrogen and oxygen atoms in total. The summed E-state index contributed by atoms with van der Waals surface area (Å²) < 4.78 is 0. The summed E-state index contributed by atoms with van der Waals surface area (Å²) in [5, 5.41) is 11.6. The average molecular weight is 478 g/mol. The van der Waals surface area contributed by atoms with Crippen molar-refractivity contribution in [2.45, 2.75) is 71.4 Å². The largest absolute Gasteiger partial charge is 0.350 e. The van der Waals surface area contributed by atoms with E-state index in [0.717, 1.165) is 38.4 Å². The van der Waals surface area contributed by atoms with Crippen molar-refractivity contribution in [3.05, 3.63) is 57.8 Å². The zero-order valence-electron chi connectivity index (χ0n) is 21.1. The van der Waals surface area contributed by atoms with Crippen LogP contribution in [0.1, 0.15) is 75.4 Å². The number of aromatic amines is 1. The van der Waals surface area contributed by atoms with Crippen LogP contribution in [0.4, 0.5) is 0 Å². The summed E-state index contributed by atoms with van der Waals surface area (Å²) in [4.78, 5) is 31.0. The minimum Gasteiger partial charge on any atom is -0.350 e. The van der Waals surface area contributed by atoms with Gasteiger partial charge in [-0.05, 0) is 61.3 Å². The molecule has 3 aliphatic rings. The number of aromatic nitrogens is 3. The van der Waals surface area contributed by atoms with Crippen LogP contribution in [0.5, 0.6) is 0 Å². The fraction of sp³-hybridized carbons (Fsp3) is 0.643. The van der Waals surface area contributed by atoms with Gasteiger partial charge in [0.2, 0.25) is 5.91 Å². The van der Waals surface area contributed by atoms with Crippen molar-refractivity contribution < 1.29 is 4.79 Å². The van der Waals surface area contributed by atoms with Gasteiger partial charge in [-0.3, -0.25) is 14.5 Å². The lowest BCUT2D eigenvalue weighted by atomic mass is 9.64. The number of amides is 1. The van der Waals surface area contributed by atoms with Gasteiger partial charge in [-0.15, -0.1) is 10.2 Å². The molecule has 2 aromatic rings. The first-order chi connectivity index (χ1) is 17.0. The van der Waals surface area contributed by atoms with Gasteiger partial charge in [0.05, 0.1) is 6.54 Å². The van der Waals surface area contributed by atoms with Crippen molar-refractivity contribution in [2.24, 2.45) is 29.6 Å². The number of carbonyl (C=O) groups excluding carboxylic acids is 1. The van der Waals surface area contributed by atoms with Gasteiger partial charge >= 0.3 is 0 Å². The van der Waals surface area contributed by atoms with E-state index in [1.54, 1.807) is 0 Å². The van der Waals surface area contributed by atoms with Gasteiger partial charge in [0.15, 0.2) is 0 Å². The van der Waals surface area contributed by atoms with Gasteiger partial charge in [0, 0.05) is 31.5 Å². The number of rotatable bonds is 7. The molecule has 5 rings (SSSR count). The molecule has 2 aliphatic carbocycles. The standard InChI is InChI=1S/C28H39N5O2/c1-3-19-9-21-11-22(10-19)13-23(12-21)27(34)29-14-25-28(35)30-26(32-31-25)24-17-33(15-18(24)2)16-20-7-5-4-6-8-20/h4-8,18-19,21-24H,3,9-17H2,1-2H3,(H,29,34)(H,30,32,35). The maximum absolute atomic E-state index is 12.9. The molecule has 1 aromatic heterocycles. The molecular formula is C28H39N5O2. The van der Waals surface area contributed by atoms with Crippen LogP contribution in [0, 0.1) is 29.6 Å². The Bertz CT molecular complexity index is 1060. The molecule has 35 heavy (non-hydrogen) atoms. The molecule has 1 aromatic carbocycles. The smallest absolute Gasteiger partial charge is 0.274 e. The highest BCUT2D eigenvalue weighted by Gasteiger charge is 2.38. The average Bonchev–Trinajstić information content (AvgIpc) is 3.22. The zero-order chi connectivity index (χ0) is 24.4. The summed E-state index contributed by atoms with van der Waals surface area (Å²) in [6.45, 7) is 7.33. The molecule has 1 aliphatic heterocycles. The Morgan fingerprint density at radius 2 is 1.80 bits per heavy atom. The fourth-order valence-corrected chi connectivity index (χ4v) is 6.90. The quantitative estimate of drug-likeness (QED) is 0.632. The molecule has 1 saturated heterocycles. The van der Waals surface area contributed by atoms with E-state index in [1.165, 1.54) is 31.2 Å². The van der Waals surface area contributed by atoms with E-state index < -0.39 is 0 Å². The van der Waals surface area contributed by atoms with Crippen molar-refractivity contribution in [1.29, 1.82) is 0 Å². The maximum Gasteiger partial charge on any atom is 0.274 e. The second-order valence-electron chi connectivity index (χ2n) is 11.3. The normalized spacial score (nSPS) is 30.8. The molecule has 4 unspecified atom stereocenters. The summed E-state index contributed by atoms with van der Waals surface area (Å²) in [7, 11) is 0. The highest BCUT2D eigenvalue weighted by atomic mass is 16.2. The van der Waals surface area contributed by atoms with Crippen LogP contribution in [0.15, 0.2) is 35.1 Å². The summed E-state index contributed by atoms with van der Waals surface area (Å²) in [5.41, 5.74) is 1.34. The molecule has 0 radical (unpaired) electrons. The Morgan fingerprint density at radius 3 is 2.49 bits per heavy atom. The molecule has 0 spiro atoms. The Morgan fingerprint density at radius 1 is 1.06 bits per heavy atom. The first-order valence-corrected chi connectivity index (χ1v) is 13.5. The Balaban J connectivity index is 1.15. The fourth-order valence-electron chi connectivity index (χ4n) is 6.90. The Labute approximate surface area is 208 Å². The molecule has 3 fully saturated rings. The van der Waals surface area contributed by atoms with Crippen LogP contribution in [-0.4, -0.2) is 39.1 Å². The molecule has 4 atom stereocenters. The third kappa shape index (κ3) is 5.66. The lowest BCUT2D eigenvalue weighted by Gasteiger charge is -2.41. The van der Waals surface area contributed by atoms with Crippen molar-refractivity contribution in [1.82, 2.24) is 25.4 Å². The highest BCUT2D eigenvalue weighted by molar-refractivity contribution is 5.78. The number of benzene rings is 1. The lowest BCUT2D eigenvalue weighted by Crippen LogP contribution is -2.39. The molecule has 1 amide bonds. The first kappa shape index (κ1) is 24.2. The number of likely N-dealkylation sites (tertiary alicyclic amines) is 1. The minimum absolute atomic E-state index is 0.0674. The summed E-state index contributed by atoms with van der Waals surface area (Å²) in [6, 6.07) is 10.4. The van der Waals surface area contributed by atoms with Crippen molar-refractivity contribution in [3.63, 3.8) is 0 Å². The van der Waals surface area contributed by atoms with Crippen molar-refractivity contribution in [3.8, 4) is 0 Å². The van der Waals surface area contributed by atoms with Crippen molar-refractivity contribution in [2.75, 3.05) is 13.1 Å². The van der Waals surface area contributed by atoms with E-state index in [-0.39, 0.29) is 35.5 Å². The van der Waals surface area contributed by atoms with Crippen molar-refractivity contribution >= 4 is 5.91 Å². The van der Waals surface area contributed by atoms with E-state index in [4.69, 9.17) is 0 Å². The number of carbonyl (C=O) groups is 1. The van der Waals surface area contributed by atoms with Crippen LogP contribution in [-0.2, 0) is 17.9 Å². The summed E-state index contributed by atoms with van der Waals surface area (Å²) in [5.74, 6) is 3.52. The maximum atomic E-state index is 12.9. The van der Waals surface area contributed by atoms with Gasteiger partial charge in [-0.25, -0.2) is 0 Å². The third-order valence-electron chi connectivity index (χ3n) is 8.68. The Kier molecular flexibility index (Phi) is 7.32. The van der Waals surface area contributed by atoms with E-state index in [9.17, 15) is 9.59 Å². The van der Waals surface area contributed by atoms with Gasteiger partial charge < -0.3 is 10.3 Å². The van der Waals surface area contributed by atoms with E-state index >= 15 is 0 Å². The van der Waals surface area contributed by atoms with Crippen LogP contribution in [0.3, 0.4) is 0 Å². The number of H-pyrrole nitrogens is 1.